The lowest BCUT2D eigenvalue weighted by Gasteiger charge is -2.13. The van der Waals surface area contributed by atoms with E-state index in [9.17, 15) is 4.79 Å². The van der Waals surface area contributed by atoms with Crippen molar-refractivity contribution in [3.05, 3.63) is 98.6 Å². The number of hydrazone groups is 1. The van der Waals surface area contributed by atoms with Gasteiger partial charge in [0.05, 0.1) is 21.8 Å². The van der Waals surface area contributed by atoms with Crippen LogP contribution in [0.1, 0.15) is 47.1 Å². The molecule has 0 bridgehead atoms. The molecule has 0 aliphatic rings. The zero-order valence-electron chi connectivity index (χ0n) is 20.9. The Morgan fingerprint density at radius 1 is 1.11 bits per heavy atom. The van der Waals surface area contributed by atoms with Crippen LogP contribution in [-0.4, -0.2) is 22.8 Å². The van der Waals surface area contributed by atoms with Crippen LogP contribution >= 0.6 is 27.5 Å². The quantitative estimate of drug-likeness (QED) is 0.166. The Morgan fingerprint density at radius 3 is 2.46 bits per heavy atom. The Balaban J connectivity index is 1.31. The normalized spacial score (nSPS) is 11.3. The van der Waals surface area contributed by atoms with Crippen molar-refractivity contribution >= 4 is 39.7 Å². The maximum atomic E-state index is 12.4. The van der Waals surface area contributed by atoms with Gasteiger partial charge >= 0.3 is 5.91 Å². The van der Waals surface area contributed by atoms with Gasteiger partial charge in [0.1, 0.15) is 18.1 Å². The van der Waals surface area contributed by atoms with Crippen molar-refractivity contribution < 1.29 is 18.7 Å². The molecule has 0 atom stereocenters. The van der Waals surface area contributed by atoms with Crippen LogP contribution in [0.3, 0.4) is 0 Å². The van der Waals surface area contributed by atoms with Crippen molar-refractivity contribution in [1.29, 1.82) is 0 Å². The third kappa shape index (κ3) is 6.64. The van der Waals surface area contributed by atoms with Crippen LogP contribution in [-0.2, 0) is 6.61 Å². The summed E-state index contributed by atoms with van der Waals surface area (Å²) in [7, 11) is 0. The number of amides is 1. The number of nitrogens with zero attached hydrogens (tertiary/aromatic N) is 2. The van der Waals surface area contributed by atoms with E-state index in [0.29, 0.717) is 32.3 Å². The molecule has 0 fully saturated rings. The number of aromatic nitrogens is 1. The Labute approximate surface area is 229 Å². The average molecular weight is 585 g/mol. The van der Waals surface area contributed by atoms with E-state index >= 15 is 0 Å². The fourth-order valence-electron chi connectivity index (χ4n) is 3.72. The summed E-state index contributed by atoms with van der Waals surface area (Å²) in [5.74, 6) is 1.43. The van der Waals surface area contributed by atoms with Gasteiger partial charge in [-0.2, -0.15) is 5.10 Å². The van der Waals surface area contributed by atoms with E-state index < -0.39 is 5.91 Å². The Bertz CT molecular complexity index is 1380. The zero-order valence-corrected chi connectivity index (χ0v) is 23.3. The predicted molar refractivity (Wildman–Crippen MR) is 148 cm³/mol. The fourth-order valence-corrected chi connectivity index (χ4v) is 4.68. The van der Waals surface area contributed by atoms with Gasteiger partial charge in [0.15, 0.2) is 11.5 Å². The van der Waals surface area contributed by atoms with Gasteiger partial charge in [-0.05, 0) is 110 Å². The molecule has 2 aromatic carbocycles. The molecule has 4 aromatic rings. The van der Waals surface area contributed by atoms with Gasteiger partial charge in [-0.1, -0.05) is 11.6 Å². The van der Waals surface area contributed by atoms with Crippen LogP contribution in [0.25, 0.3) is 5.69 Å². The van der Waals surface area contributed by atoms with Crippen molar-refractivity contribution in [3.63, 3.8) is 0 Å². The maximum Gasteiger partial charge on any atom is 0.307 e. The van der Waals surface area contributed by atoms with E-state index in [1.165, 1.54) is 17.6 Å². The molecule has 0 radical (unpaired) electrons. The van der Waals surface area contributed by atoms with Crippen LogP contribution in [0.2, 0.25) is 5.02 Å². The lowest BCUT2D eigenvalue weighted by Crippen LogP contribution is -2.16. The number of nitrogens with one attached hydrogen (secondary N) is 1. The number of aryl methyl sites for hydroxylation is 2. The highest BCUT2D eigenvalue weighted by Gasteiger charge is 2.13. The minimum Gasteiger partial charge on any atom is -0.488 e. The highest BCUT2D eigenvalue weighted by molar-refractivity contribution is 9.10. The molecule has 0 aliphatic carbocycles. The number of furan rings is 1. The predicted octanol–water partition coefficient (Wildman–Crippen LogP) is 7.23. The largest absolute Gasteiger partial charge is 0.488 e. The molecule has 0 unspecified atom stereocenters. The van der Waals surface area contributed by atoms with Crippen LogP contribution in [0.15, 0.2) is 74.7 Å². The van der Waals surface area contributed by atoms with Gasteiger partial charge in [-0.25, -0.2) is 5.43 Å². The summed E-state index contributed by atoms with van der Waals surface area (Å²) in [6.07, 6.45) is 1.47. The first-order chi connectivity index (χ1) is 17.7. The summed E-state index contributed by atoms with van der Waals surface area (Å²) < 4.78 is 20.0. The number of hydrogen-bond donors (Lipinski definition) is 1. The molecule has 0 aliphatic heterocycles. The SMILES string of the molecule is Cc1ccc(C)n1-c1ccc(OCc2ccc(C(=O)N/N=C/c3cc(Cl)c(OC(C)C)c(Br)c3)o2)cc1. The summed E-state index contributed by atoms with van der Waals surface area (Å²) in [5, 5.41) is 4.44. The summed E-state index contributed by atoms with van der Waals surface area (Å²) in [5.41, 5.74) is 6.55. The highest BCUT2D eigenvalue weighted by Crippen LogP contribution is 2.34. The monoisotopic (exact) mass is 583 g/mol. The summed E-state index contributed by atoms with van der Waals surface area (Å²) in [6, 6.07) is 18.8. The second kappa shape index (κ2) is 11.7. The molecule has 192 valence electrons. The number of halogens is 2. The second-order valence-corrected chi connectivity index (χ2v) is 9.94. The first-order valence-electron chi connectivity index (χ1n) is 11.7. The number of hydrogen-bond acceptors (Lipinski definition) is 5. The molecular weight excluding hydrogens is 558 g/mol. The van der Waals surface area contributed by atoms with Gasteiger partial charge in [0.25, 0.3) is 0 Å². The van der Waals surface area contributed by atoms with Gasteiger partial charge in [0, 0.05) is 17.1 Å². The van der Waals surface area contributed by atoms with Crippen LogP contribution in [0.5, 0.6) is 11.5 Å². The van der Waals surface area contributed by atoms with Crippen molar-refractivity contribution in [2.75, 3.05) is 0 Å². The molecule has 2 aromatic heterocycles. The minimum atomic E-state index is -0.478. The molecule has 1 N–H and O–H groups in total. The fraction of sp³-hybridized carbons (Fsp3) is 0.214. The van der Waals surface area contributed by atoms with E-state index in [0.717, 1.165) is 5.69 Å². The Morgan fingerprint density at radius 2 is 1.81 bits per heavy atom. The summed E-state index contributed by atoms with van der Waals surface area (Å²) in [4.78, 5) is 12.4. The van der Waals surface area contributed by atoms with Crippen LogP contribution in [0.4, 0.5) is 0 Å². The molecular formula is C28H27BrClN3O4. The highest BCUT2D eigenvalue weighted by atomic mass is 79.9. The molecule has 37 heavy (non-hydrogen) atoms. The van der Waals surface area contributed by atoms with Gasteiger partial charge in [-0.15, -0.1) is 0 Å². The molecule has 4 rings (SSSR count). The van der Waals surface area contributed by atoms with Crippen molar-refractivity contribution in [2.45, 2.75) is 40.4 Å². The molecule has 9 heteroatoms. The third-order valence-corrected chi connectivity index (χ3v) is 6.26. The average Bonchev–Trinajstić information content (AvgIpc) is 3.46. The van der Waals surface area contributed by atoms with E-state index in [2.05, 4.69) is 57.0 Å². The van der Waals surface area contributed by atoms with Crippen LogP contribution < -0.4 is 14.9 Å². The molecule has 0 spiro atoms. The zero-order chi connectivity index (χ0) is 26.5. The molecule has 1 amide bonds. The lowest BCUT2D eigenvalue weighted by molar-refractivity contribution is 0.0923. The van der Waals surface area contributed by atoms with E-state index in [1.807, 2.05) is 38.1 Å². The molecule has 7 nitrogen and oxygen atoms in total. The van der Waals surface area contributed by atoms with Crippen LogP contribution in [0, 0.1) is 13.8 Å². The number of carbonyl (C=O) groups excluding carboxylic acids is 1. The minimum absolute atomic E-state index is 0.0134. The molecule has 0 saturated heterocycles. The molecule has 2 heterocycles. The summed E-state index contributed by atoms with van der Waals surface area (Å²) in [6.45, 7) is 8.17. The number of ether oxygens (including phenoxy) is 2. The first-order valence-corrected chi connectivity index (χ1v) is 12.8. The molecule has 0 saturated carbocycles. The number of benzene rings is 2. The maximum absolute atomic E-state index is 12.4. The lowest BCUT2D eigenvalue weighted by atomic mass is 10.2. The smallest absolute Gasteiger partial charge is 0.307 e. The van der Waals surface area contributed by atoms with Crippen molar-refractivity contribution in [2.24, 2.45) is 5.10 Å². The third-order valence-electron chi connectivity index (χ3n) is 5.39. The van der Waals surface area contributed by atoms with Gasteiger partial charge in [0.2, 0.25) is 0 Å². The van der Waals surface area contributed by atoms with E-state index in [-0.39, 0.29) is 18.5 Å². The van der Waals surface area contributed by atoms with E-state index in [4.69, 9.17) is 25.5 Å². The topological polar surface area (TPSA) is 78.0 Å². The van der Waals surface area contributed by atoms with E-state index in [1.54, 1.807) is 24.3 Å². The Hall–Kier alpha value is -3.49. The first kappa shape index (κ1) is 26.6. The Kier molecular flexibility index (Phi) is 8.41. The van der Waals surface area contributed by atoms with Gasteiger partial charge in [-0.3, -0.25) is 4.79 Å². The summed E-state index contributed by atoms with van der Waals surface area (Å²) >= 11 is 9.75. The standard InChI is InChI=1S/C28H27BrClN3O4/c1-17(2)36-27-24(29)13-20(14-25(27)30)15-31-32-28(34)26-12-11-23(37-26)16-35-22-9-7-21(8-10-22)33-18(3)5-6-19(33)4/h5-15,17H,16H2,1-4H3,(H,32,34)/b31-15+. The number of carbonyl (C=O) groups is 1. The van der Waals surface area contributed by atoms with Crippen molar-refractivity contribution in [1.82, 2.24) is 9.99 Å². The second-order valence-electron chi connectivity index (χ2n) is 8.68. The number of rotatable bonds is 9. The van der Waals surface area contributed by atoms with Crippen molar-refractivity contribution in [3.8, 4) is 17.2 Å². The van der Waals surface area contributed by atoms with Gasteiger partial charge < -0.3 is 18.5 Å².